The third-order valence-electron chi connectivity index (χ3n) is 1.99. The molecular weight excluding hydrogens is 194 g/mol. The fourth-order valence-corrected chi connectivity index (χ4v) is 1.28. The molecule has 1 rings (SSSR count). The second-order valence-corrected chi connectivity index (χ2v) is 2.94. The largest absolute Gasteiger partial charge is 0.496 e. The number of carbonyl (C=O) groups is 1. The van der Waals surface area contributed by atoms with Gasteiger partial charge in [0.15, 0.2) is 0 Å². The van der Waals surface area contributed by atoms with Crippen molar-refractivity contribution in [3.63, 3.8) is 0 Å². The van der Waals surface area contributed by atoms with Gasteiger partial charge in [0, 0.05) is 18.3 Å². The maximum absolute atomic E-state index is 11.3. The standard InChI is InChI=1S/C11H15NO3/c1-4-12-8-5-6-9(11(13)15-3)10(7-8)14-2/h5-7,12H,4H2,1-3H3. The van der Waals surface area contributed by atoms with Crippen molar-refractivity contribution in [1.82, 2.24) is 0 Å². The highest BCUT2D eigenvalue weighted by Gasteiger charge is 2.12. The number of hydrogen-bond donors (Lipinski definition) is 1. The molecule has 0 saturated carbocycles. The van der Waals surface area contributed by atoms with E-state index in [0.29, 0.717) is 11.3 Å². The summed E-state index contributed by atoms with van der Waals surface area (Å²) in [4.78, 5) is 11.3. The zero-order valence-electron chi connectivity index (χ0n) is 9.16. The van der Waals surface area contributed by atoms with E-state index >= 15 is 0 Å². The fraction of sp³-hybridized carbons (Fsp3) is 0.364. The number of carbonyl (C=O) groups excluding carboxylic acids is 1. The Bertz CT molecular complexity index is 350. The van der Waals surface area contributed by atoms with Crippen LogP contribution in [0.25, 0.3) is 0 Å². The minimum absolute atomic E-state index is 0.394. The summed E-state index contributed by atoms with van der Waals surface area (Å²) in [5, 5.41) is 3.13. The molecule has 1 aromatic carbocycles. The van der Waals surface area contributed by atoms with E-state index in [1.807, 2.05) is 13.0 Å². The Morgan fingerprint density at radius 2 is 2.13 bits per heavy atom. The van der Waals surface area contributed by atoms with Crippen molar-refractivity contribution in [2.45, 2.75) is 6.92 Å². The summed E-state index contributed by atoms with van der Waals surface area (Å²) in [6, 6.07) is 5.27. The highest BCUT2D eigenvalue weighted by atomic mass is 16.5. The molecule has 0 aliphatic carbocycles. The number of methoxy groups -OCH3 is 2. The summed E-state index contributed by atoms with van der Waals surface area (Å²) in [5.74, 6) is 0.121. The Hall–Kier alpha value is -1.71. The van der Waals surface area contributed by atoms with Crippen LogP contribution in [-0.2, 0) is 4.74 Å². The van der Waals surface area contributed by atoms with Crippen molar-refractivity contribution >= 4 is 11.7 Å². The maximum atomic E-state index is 11.3. The Morgan fingerprint density at radius 3 is 2.67 bits per heavy atom. The first-order chi connectivity index (χ1) is 7.22. The molecule has 4 nitrogen and oxygen atoms in total. The zero-order chi connectivity index (χ0) is 11.3. The van der Waals surface area contributed by atoms with Gasteiger partial charge in [-0.3, -0.25) is 0 Å². The number of hydrogen-bond acceptors (Lipinski definition) is 4. The number of benzene rings is 1. The quantitative estimate of drug-likeness (QED) is 0.769. The lowest BCUT2D eigenvalue weighted by atomic mass is 10.2. The molecule has 0 spiro atoms. The van der Waals surface area contributed by atoms with Gasteiger partial charge in [-0.15, -0.1) is 0 Å². The second-order valence-electron chi connectivity index (χ2n) is 2.94. The van der Waals surface area contributed by atoms with Gasteiger partial charge < -0.3 is 14.8 Å². The molecule has 0 amide bonds. The van der Waals surface area contributed by atoms with Crippen LogP contribution in [-0.4, -0.2) is 26.7 Å². The molecule has 0 heterocycles. The van der Waals surface area contributed by atoms with Crippen molar-refractivity contribution < 1.29 is 14.3 Å². The first-order valence-electron chi connectivity index (χ1n) is 4.73. The summed E-state index contributed by atoms with van der Waals surface area (Å²) in [6.45, 7) is 2.82. The van der Waals surface area contributed by atoms with Crippen LogP contribution in [0, 0.1) is 0 Å². The molecule has 0 radical (unpaired) electrons. The van der Waals surface area contributed by atoms with Crippen LogP contribution in [0.15, 0.2) is 18.2 Å². The summed E-state index contributed by atoms with van der Waals surface area (Å²) < 4.78 is 9.75. The van der Waals surface area contributed by atoms with Gasteiger partial charge in [0.1, 0.15) is 11.3 Å². The van der Waals surface area contributed by atoms with E-state index in [9.17, 15) is 4.79 Å². The molecule has 0 saturated heterocycles. The van der Waals surface area contributed by atoms with Gasteiger partial charge in [-0.2, -0.15) is 0 Å². The molecule has 0 fully saturated rings. The van der Waals surface area contributed by atoms with Gasteiger partial charge in [0.2, 0.25) is 0 Å². The normalized spacial score (nSPS) is 9.53. The van der Waals surface area contributed by atoms with Crippen LogP contribution < -0.4 is 10.1 Å². The van der Waals surface area contributed by atoms with Crippen LogP contribution >= 0.6 is 0 Å². The first kappa shape index (κ1) is 11.4. The highest BCUT2D eigenvalue weighted by Crippen LogP contribution is 2.23. The number of esters is 1. The molecule has 0 aliphatic heterocycles. The van der Waals surface area contributed by atoms with Crippen LogP contribution in [0.3, 0.4) is 0 Å². The van der Waals surface area contributed by atoms with Gasteiger partial charge in [0.25, 0.3) is 0 Å². The Morgan fingerprint density at radius 1 is 1.40 bits per heavy atom. The summed E-state index contributed by atoms with van der Waals surface area (Å²) in [5.41, 5.74) is 1.35. The van der Waals surface area contributed by atoms with Gasteiger partial charge in [0.05, 0.1) is 14.2 Å². The predicted molar refractivity (Wildman–Crippen MR) is 58.5 cm³/mol. The average Bonchev–Trinajstić information content (AvgIpc) is 2.28. The monoisotopic (exact) mass is 209 g/mol. The molecule has 82 valence electrons. The molecule has 0 unspecified atom stereocenters. The van der Waals surface area contributed by atoms with E-state index in [1.165, 1.54) is 14.2 Å². The number of anilines is 1. The lowest BCUT2D eigenvalue weighted by Gasteiger charge is -2.09. The van der Waals surface area contributed by atoms with Crippen molar-refractivity contribution in [3.05, 3.63) is 23.8 Å². The number of rotatable bonds is 4. The Balaban J connectivity index is 3.03. The van der Waals surface area contributed by atoms with Crippen molar-refractivity contribution in [1.29, 1.82) is 0 Å². The van der Waals surface area contributed by atoms with Crippen LogP contribution in [0.2, 0.25) is 0 Å². The average molecular weight is 209 g/mol. The van der Waals surface area contributed by atoms with E-state index in [2.05, 4.69) is 10.1 Å². The minimum Gasteiger partial charge on any atom is -0.496 e. The fourth-order valence-electron chi connectivity index (χ4n) is 1.28. The molecule has 4 heteroatoms. The lowest BCUT2D eigenvalue weighted by molar-refractivity contribution is 0.0597. The summed E-state index contributed by atoms with van der Waals surface area (Å²) in [7, 11) is 2.87. The molecule has 15 heavy (non-hydrogen) atoms. The number of ether oxygens (including phenoxy) is 2. The topological polar surface area (TPSA) is 47.6 Å². The zero-order valence-corrected chi connectivity index (χ0v) is 9.16. The molecule has 0 aliphatic rings. The van der Waals surface area contributed by atoms with Gasteiger partial charge in [-0.1, -0.05) is 0 Å². The van der Waals surface area contributed by atoms with Crippen molar-refractivity contribution in [2.75, 3.05) is 26.1 Å². The van der Waals surface area contributed by atoms with E-state index < -0.39 is 5.97 Å². The van der Waals surface area contributed by atoms with Crippen LogP contribution in [0.1, 0.15) is 17.3 Å². The summed E-state index contributed by atoms with van der Waals surface area (Å²) in [6.07, 6.45) is 0. The third kappa shape index (κ3) is 2.62. The van der Waals surface area contributed by atoms with Crippen LogP contribution in [0.4, 0.5) is 5.69 Å². The smallest absolute Gasteiger partial charge is 0.341 e. The predicted octanol–water partition coefficient (Wildman–Crippen LogP) is 1.91. The van der Waals surface area contributed by atoms with Crippen molar-refractivity contribution in [2.24, 2.45) is 0 Å². The van der Waals surface area contributed by atoms with E-state index in [1.54, 1.807) is 12.1 Å². The maximum Gasteiger partial charge on any atom is 0.341 e. The van der Waals surface area contributed by atoms with Gasteiger partial charge in [-0.25, -0.2) is 4.79 Å². The number of nitrogens with one attached hydrogen (secondary N) is 1. The SMILES string of the molecule is CCNc1ccc(C(=O)OC)c(OC)c1. The highest BCUT2D eigenvalue weighted by molar-refractivity contribution is 5.93. The van der Waals surface area contributed by atoms with E-state index in [-0.39, 0.29) is 0 Å². The van der Waals surface area contributed by atoms with Gasteiger partial charge >= 0.3 is 5.97 Å². The molecule has 1 N–H and O–H groups in total. The molecule has 0 bridgehead atoms. The third-order valence-corrected chi connectivity index (χ3v) is 1.99. The first-order valence-corrected chi connectivity index (χ1v) is 4.73. The summed E-state index contributed by atoms with van der Waals surface area (Å²) >= 11 is 0. The van der Waals surface area contributed by atoms with E-state index in [0.717, 1.165) is 12.2 Å². The Kier molecular flexibility index (Phi) is 3.97. The van der Waals surface area contributed by atoms with Gasteiger partial charge in [-0.05, 0) is 19.1 Å². The minimum atomic E-state index is -0.394. The second kappa shape index (κ2) is 5.24. The lowest BCUT2D eigenvalue weighted by Crippen LogP contribution is -2.05. The van der Waals surface area contributed by atoms with Crippen molar-refractivity contribution in [3.8, 4) is 5.75 Å². The molecule has 1 aromatic rings. The molecule has 0 aromatic heterocycles. The molecular formula is C11H15NO3. The molecule has 0 atom stereocenters. The Labute approximate surface area is 89.2 Å². The van der Waals surface area contributed by atoms with E-state index in [4.69, 9.17) is 4.74 Å². The van der Waals surface area contributed by atoms with Crippen LogP contribution in [0.5, 0.6) is 5.75 Å².